The van der Waals surface area contributed by atoms with Gasteiger partial charge in [0.05, 0.1) is 6.42 Å². The van der Waals surface area contributed by atoms with E-state index in [1.807, 2.05) is 24.3 Å². The average Bonchev–Trinajstić information content (AvgIpc) is 2.77. The lowest BCUT2D eigenvalue weighted by molar-refractivity contribution is -0.137. The quantitative estimate of drug-likeness (QED) is 0.939. The Kier molecular flexibility index (Phi) is 3.76. The molecule has 1 unspecified atom stereocenters. The molecule has 2 rings (SSSR count). The van der Waals surface area contributed by atoms with E-state index in [9.17, 15) is 4.79 Å². The van der Waals surface area contributed by atoms with E-state index in [1.165, 1.54) is 0 Å². The van der Waals surface area contributed by atoms with Crippen molar-refractivity contribution in [3.8, 4) is 11.5 Å². The summed E-state index contributed by atoms with van der Waals surface area (Å²) >= 11 is 3.36. The van der Waals surface area contributed by atoms with Gasteiger partial charge in [0, 0.05) is 16.0 Å². The van der Waals surface area contributed by atoms with Gasteiger partial charge in [0.25, 0.3) is 0 Å². The van der Waals surface area contributed by atoms with Crippen LogP contribution in [0.4, 0.5) is 0 Å². The van der Waals surface area contributed by atoms with Crippen LogP contribution in [-0.4, -0.2) is 21.3 Å². The largest absolute Gasteiger partial charge is 0.481 e. The molecule has 0 aliphatic heterocycles. The maximum Gasteiger partial charge on any atom is 0.304 e. The molecule has 0 fully saturated rings. The highest BCUT2D eigenvalue weighted by Gasteiger charge is 2.17. The van der Waals surface area contributed by atoms with E-state index >= 15 is 0 Å². The van der Waals surface area contributed by atoms with E-state index in [0.29, 0.717) is 11.8 Å². The highest BCUT2D eigenvalue weighted by Crippen LogP contribution is 2.25. The van der Waals surface area contributed by atoms with Crippen LogP contribution in [0.3, 0.4) is 0 Å². The molecule has 0 aliphatic carbocycles. The van der Waals surface area contributed by atoms with Crippen molar-refractivity contribution in [2.75, 3.05) is 0 Å². The number of carboxylic acids is 1. The number of carbonyl (C=O) groups is 1. The zero-order valence-corrected chi connectivity index (χ0v) is 11.2. The SMILES string of the molecule is CC(CC(=O)O)c1nnc(-c2cccc(Br)c2)o1. The van der Waals surface area contributed by atoms with Gasteiger partial charge < -0.3 is 9.52 Å². The molecule has 5 nitrogen and oxygen atoms in total. The van der Waals surface area contributed by atoms with Crippen LogP contribution in [0.25, 0.3) is 11.5 Å². The van der Waals surface area contributed by atoms with E-state index in [0.717, 1.165) is 10.0 Å². The molecule has 1 atom stereocenters. The summed E-state index contributed by atoms with van der Waals surface area (Å²) in [6.07, 6.45) is -0.0277. The lowest BCUT2D eigenvalue weighted by atomic mass is 10.1. The van der Waals surface area contributed by atoms with Gasteiger partial charge in [0.2, 0.25) is 11.8 Å². The second kappa shape index (κ2) is 5.30. The van der Waals surface area contributed by atoms with E-state index in [1.54, 1.807) is 6.92 Å². The first-order valence-corrected chi connectivity index (χ1v) is 6.16. The third-order valence-corrected chi connectivity index (χ3v) is 2.91. The molecule has 0 amide bonds. The highest BCUT2D eigenvalue weighted by atomic mass is 79.9. The number of hydrogen-bond acceptors (Lipinski definition) is 4. The molecule has 1 heterocycles. The standard InChI is InChI=1S/C12H11BrN2O3/c1-7(5-10(16)17)11-14-15-12(18-11)8-3-2-4-9(13)6-8/h2-4,6-7H,5H2,1H3,(H,16,17). The van der Waals surface area contributed by atoms with Gasteiger partial charge in [-0.1, -0.05) is 28.9 Å². The molecular formula is C12H11BrN2O3. The predicted molar refractivity (Wildman–Crippen MR) is 68.1 cm³/mol. The van der Waals surface area contributed by atoms with Crippen molar-refractivity contribution in [1.29, 1.82) is 0 Å². The summed E-state index contributed by atoms with van der Waals surface area (Å²) < 4.78 is 6.40. The van der Waals surface area contributed by atoms with Crippen LogP contribution in [0, 0.1) is 0 Å². The fraction of sp³-hybridized carbons (Fsp3) is 0.250. The zero-order chi connectivity index (χ0) is 13.1. The number of rotatable bonds is 4. The number of halogens is 1. The first kappa shape index (κ1) is 12.8. The Labute approximate surface area is 112 Å². The van der Waals surface area contributed by atoms with Crippen LogP contribution < -0.4 is 0 Å². The minimum absolute atomic E-state index is 0.0277. The van der Waals surface area contributed by atoms with Crippen LogP contribution in [0.2, 0.25) is 0 Å². The molecule has 94 valence electrons. The van der Waals surface area contributed by atoms with Crippen LogP contribution in [0.15, 0.2) is 33.2 Å². The maximum absolute atomic E-state index is 10.6. The monoisotopic (exact) mass is 310 g/mol. The van der Waals surface area contributed by atoms with Gasteiger partial charge in [-0.3, -0.25) is 4.79 Å². The molecule has 0 aliphatic rings. The van der Waals surface area contributed by atoms with Gasteiger partial charge in [-0.15, -0.1) is 10.2 Å². The Morgan fingerprint density at radius 2 is 2.28 bits per heavy atom. The molecule has 0 bridgehead atoms. The molecule has 2 aromatic rings. The summed E-state index contributed by atoms with van der Waals surface area (Å²) in [5, 5.41) is 16.5. The van der Waals surface area contributed by atoms with Crippen molar-refractivity contribution in [3.05, 3.63) is 34.6 Å². The van der Waals surface area contributed by atoms with Crippen molar-refractivity contribution in [3.63, 3.8) is 0 Å². The number of carboxylic acid groups (broad SMARTS) is 1. The summed E-state index contributed by atoms with van der Waals surface area (Å²) in [4.78, 5) is 10.6. The molecule has 6 heteroatoms. The van der Waals surface area contributed by atoms with E-state index in [2.05, 4.69) is 26.1 Å². The summed E-state index contributed by atoms with van der Waals surface area (Å²) in [5.74, 6) is -0.448. The normalized spacial score (nSPS) is 12.3. The minimum atomic E-state index is -0.885. The van der Waals surface area contributed by atoms with Gasteiger partial charge in [-0.2, -0.15) is 0 Å². The molecular weight excluding hydrogens is 300 g/mol. The third-order valence-electron chi connectivity index (χ3n) is 2.41. The fourth-order valence-corrected chi connectivity index (χ4v) is 1.92. The van der Waals surface area contributed by atoms with Crippen molar-refractivity contribution < 1.29 is 14.3 Å². The molecule has 0 spiro atoms. The Morgan fingerprint density at radius 3 is 2.94 bits per heavy atom. The van der Waals surface area contributed by atoms with E-state index in [-0.39, 0.29) is 12.3 Å². The van der Waals surface area contributed by atoms with Gasteiger partial charge >= 0.3 is 5.97 Å². The van der Waals surface area contributed by atoms with Crippen LogP contribution >= 0.6 is 15.9 Å². The molecule has 0 saturated carbocycles. The minimum Gasteiger partial charge on any atom is -0.481 e. The molecule has 18 heavy (non-hydrogen) atoms. The van der Waals surface area contributed by atoms with Crippen LogP contribution in [-0.2, 0) is 4.79 Å². The van der Waals surface area contributed by atoms with Gasteiger partial charge in [-0.25, -0.2) is 0 Å². The Hall–Kier alpha value is -1.69. The summed E-state index contributed by atoms with van der Waals surface area (Å²) in [5.41, 5.74) is 0.797. The second-order valence-electron chi connectivity index (χ2n) is 3.95. The highest BCUT2D eigenvalue weighted by molar-refractivity contribution is 9.10. The van der Waals surface area contributed by atoms with Crippen LogP contribution in [0.1, 0.15) is 25.2 Å². The molecule has 0 saturated heterocycles. The first-order chi connectivity index (χ1) is 8.56. The smallest absolute Gasteiger partial charge is 0.304 e. The molecule has 0 radical (unpaired) electrons. The number of nitrogens with zero attached hydrogens (tertiary/aromatic N) is 2. The summed E-state index contributed by atoms with van der Waals surface area (Å²) in [6.45, 7) is 1.74. The molecule has 1 aromatic heterocycles. The first-order valence-electron chi connectivity index (χ1n) is 5.37. The van der Waals surface area contributed by atoms with E-state index in [4.69, 9.17) is 9.52 Å². The van der Waals surface area contributed by atoms with Gasteiger partial charge in [0.1, 0.15) is 0 Å². The third kappa shape index (κ3) is 2.95. The van der Waals surface area contributed by atoms with Crippen molar-refractivity contribution >= 4 is 21.9 Å². The Bertz CT molecular complexity index is 568. The predicted octanol–water partition coefficient (Wildman–Crippen LogP) is 3.08. The number of hydrogen-bond donors (Lipinski definition) is 1. The van der Waals surface area contributed by atoms with E-state index < -0.39 is 5.97 Å². The van der Waals surface area contributed by atoms with Gasteiger partial charge in [-0.05, 0) is 18.2 Å². The average molecular weight is 311 g/mol. The second-order valence-corrected chi connectivity index (χ2v) is 4.87. The van der Waals surface area contributed by atoms with Crippen LogP contribution in [0.5, 0.6) is 0 Å². The topological polar surface area (TPSA) is 76.2 Å². The summed E-state index contributed by atoms with van der Waals surface area (Å²) in [7, 11) is 0. The lowest BCUT2D eigenvalue weighted by Gasteiger charge is -2.01. The van der Waals surface area contributed by atoms with Crippen molar-refractivity contribution in [2.24, 2.45) is 0 Å². The van der Waals surface area contributed by atoms with Crippen molar-refractivity contribution in [2.45, 2.75) is 19.3 Å². The van der Waals surface area contributed by atoms with Crippen molar-refractivity contribution in [1.82, 2.24) is 10.2 Å². The van der Waals surface area contributed by atoms with Gasteiger partial charge in [0.15, 0.2) is 0 Å². The Balaban J connectivity index is 2.22. The lowest BCUT2D eigenvalue weighted by Crippen LogP contribution is -2.02. The molecule has 1 N–H and O–H groups in total. The fourth-order valence-electron chi connectivity index (χ4n) is 1.52. The number of aromatic nitrogens is 2. The maximum atomic E-state index is 10.6. The summed E-state index contributed by atoms with van der Waals surface area (Å²) in [6, 6.07) is 7.47. The molecule has 1 aromatic carbocycles. The zero-order valence-electron chi connectivity index (χ0n) is 9.63. The number of aliphatic carboxylic acids is 1. The number of benzene rings is 1. The Morgan fingerprint density at radius 1 is 1.50 bits per heavy atom.